The average Bonchev–Trinajstić information content (AvgIpc) is 3.06. The van der Waals surface area contributed by atoms with Gasteiger partial charge in [-0.3, -0.25) is 4.79 Å². The number of ketones is 1. The Morgan fingerprint density at radius 1 is 1.15 bits per heavy atom. The van der Waals surface area contributed by atoms with Crippen LogP contribution in [0.3, 0.4) is 0 Å². The SMILES string of the molecule is Cn1ccnc1COc1ccc(C(=O)/C=C/c2ccc(Cl)c(Cl)c2)cc1. The highest BCUT2D eigenvalue weighted by Crippen LogP contribution is 2.23. The first kappa shape index (κ1) is 18.2. The number of nitrogens with zero attached hydrogens (tertiary/aromatic N) is 2. The molecule has 0 amide bonds. The molecule has 26 heavy (non-hydrogen) atoms. The van der Waals surface area contributed by atoms with Gasteiger partial charge in [0.25, 0.3) is 0 Å². The van der Waals surface area contributed by atoms with E-state index in [1.807, 2.05) is 17.8 Å². The molecule has 132 valence electrons. The maximum absolute atomic E-state index is 12.3. The molecule has 2 aromatic carbocycles. The Hall–Kier alpha value is -2.56. The van der Waals surface area contributed by atoms with Crippen molar-refractivity contribution in [1.82, 2.24) is 9.55 Å². The summed E-state index contributed by atoms with van der Waals surface area (Å²) in [5.41, 5.74) is 1.38. The highest BCUT2D eigenvalue weighted by molar-refractivity contribution is 6.42. The van der Waals surface area contributed by atoms with Gasteiger partial charge in [-0.25, -0.2) is 4.98 Å². The number of ether oxygens (including phenoxy) is 1. The number of rotatable bonds is 6. The van der Waals surface area contributed by atoms with Crippen LogP contribution in [0.4, 0.5) is 0 Å². The Bertz CT molecular complexity index is 947. The molecule has 0 N–H and O–H groups in total. The van der Waals surface area contributed by atoms with Crippen LogP contribution in [0, 0.1) is 0 Å². The van der Waals surface area contributed by atoms with E-state index in [1.165, 1.54) is 6.08 Å². The lowest BCUT2D eigenvalue weighted by molar-refractivity contribution is 0.104. The van der Waals surface area contributed by atoms with E-state index in [-0.39, 0.29) is 5.78 Å². The molecule has 0 saturated carbocycles. The van der Waals surface area contributed by atoms with Gasteiger partial charge >= 0.3 is 0 Å². The van der Waals surface area contributed by atoms with Crippen LogP contribution in [-0.2, 0) is 13.7 Å². The van der Waals surface area contributed by atoms with Crippen molar-refractivity contribution in [3.8, 4) is 5.75 Å². The second kappa shape index (κ2) is 8.21. The number of allylic oxidation sites excluding steroid dienone is 1. The Labute approximate surface area is 161 Å². The molecule has 0 aliphatic rings. The molecule has 3 rings (SSSR count). The van der Waals surface area contributed by atoms with Crippen molar-refractivity contribution in [2.24, 2.45) is 7.05 Å². The molecule has 1 heterocycles. The molecular formula is C20H16Cl2N2O2. The smallest absolute Gasteiger partial charge is 0.185 e. The first-order valence-electron chi connectivity index (χ1n) is 7.89. The van der Waals surface area contributed by atoms with Crippen molar-refractivity contribution < 1.29 is 9.53 Å². The van der Waals surface area contributed by atoms with Crippen LogP contribution in [0.15, 0.2) is 60.9 Å². The molecule has 0 atom stereocenters. The standard InChI is InChI=1S/C20H16Cl2N2O2/c1-24-11-10-23-20(24)13-26-16-6-4-15(5-7-16)19(25)9-3-14-2-8-17(21)18(22)12-14/h2-12H,13H2,1H3/b9-3+. The molecule has 0 bridgehead atoms. The van der Waals surface area contributed by atoms with E-state index >= 15 is 0 Å². The van der Waals surface area contributed by atoms with Crippen molar-refractivity contribution in [3.63, 3.8) is 0 Å². The molecule has 1 aromatic heterocycles. The van der Waals surface area contributed by atoms with E-state index in [9.17, 15) is 4.79 Å². The molecule has 0 aliphatic heterocycles. The van der Waals surface area contributed by atoms with Gasteiger partial charge in [-0.1, -0.05) is 35.3 Å². The topological polar surface area (TPSA) is 44.1 Å². The molecular weight excluding hydrogens is 371 g/mol. The van der Waals surface area contributed by atoms with E-state index in [4.69, 9.17) is 27.9 Å². The molecule has 0 fully saturated rings. The van der Waals surface area contributed by atoms with Crippen LogP contribution in [0.5, 0.6) is 5.75 Å². The quantitative estimate of drug-likeness (QED) is 0.431. The summed E-state index contributed by atoms with van der Waals surface area (Å²) in [5, 5.41) is 0.937. The van der Waals surface area contributed by atoms with E-state index in [2.05, 4.69) is 4.98 Å². The number of carbonyl (C=O) groups excluding carboxylic acids is 1. The Kier molecular flexibility index (Phi) is 5.76. The predicted octanol–water partition coefficient (Wildman–Crippen LogP) is 5.20. The van der Waals surface area contributed by atoms with Gasteiger partial charge in [0.15, 0.2) is 5.78 Å². The van der Waals surface area contributed by atoms with Crippen LogP contribution < -0.4 is 4.74 Å². The summed E-state index contributed by atoms with van der Waals surface area (Å²) in [6, 6.07) is 12.2. The van der Waals surface area contributed by atoms with Gasteiger partial charge in [0.2, 0.25) is 0 Å². The summed E-state index contributed by atoms with van der Waals surface area (Å²) in [6.45, 7) is 0.369. The molecule has 0 saturated heterocycles. The summed E-state index contributed by atoms with van der Waals surface area (Å²) < 4.78 is 7.57. The van der Waals surface area contributed by atoms with E-state index in [0.717, 1.165) is 11.4 Å². The zero-order valence-electron chi connectivity index (χ0n) is 14.0. The molecule has 0 aliphatic carbocycles. The fourth-order valence-corrected chi connectivity index (χ4v) is 2.59. The lowest BCUT2D eigenvalue weighted by Gasteiger charge is -2.06. The number of imidazole rings is 1. The number of aromatic nitrogens is 2. The second-order valence-corrected chi connectivity index (χ2v) is 6.45. The minimum Gasteiger partial charge on any atom is -0.486 e. The molecule has 6 heteroatoms. The fraction of sp³-hybridized carbons (Fsp3) is 0.100. The number of halogens is 2. The van der Waals surface area contributed by atoms with Gasteiger partial charge in [0.1, 0.15) is 18.2 Å². The monoisotopic (exact) mass is 386 g/mol. The van der Waals surface area contributed by atoms with Crippen LogP contribution in [-0.4, -0.2) is 15.3 Å². The Morgan fingerprint density at radius 3 is 2.58 bits per heavy atom. The molecule has 0 radical (unpaired) electrons. The fourth-order valence-electron chi connectivity index (χ4n) is 2.28. The van der Waals surface area contributed by atoms with Crippen LogP contribution in [0.2, 0.25) is 10.0 Å². The van der Waals surface area contributed by atoms with Crippen molar-refractivity contribution >= 4 is 35.1 Å². The van der Waals surface area contributed by atoms with Crippen molar-refractivity contribution in [2.45, 2.75) is 6.61 Å². The number of benzene rings is 2. The third-order valence-electron chi connectivity index (χ3n) is 3.80. The van der Waals surface area contributed by atoms with Gasteiger partial charge < -0.3 is 9.30 Å². The lowest BCUT2D eigenvalue weighted by atomic mass is 10.1. The zero-order valence-corrected chi connectivity index (χ0v) is 15.5. The highest BCUT2D eigenvalue weighted by Gasteiger charge is 2.05. The summed E-state index contributed by atoms with van der Waals surface area (Å²) in [5.74, 6) is 1.40. The van der Waals surface area contributed by atoms with Crippen LogP contribution >= 0.6 is 23.2 Å². The molecule has 4 nitrogen and oxygen atoms in total. The van der Waals surface area contributed by atoms with Crippen LogP contribution in [0.25, 0.3) is 6.08 Å². The minimum absolute atomic E-state index is 0.105. The third kappa shape index (κ3) is 4.54. The normalized spacial score (nSPS) is 11.0. The van der Waals surface area contributed by atoms with Gasteiger partial charge in [-0.05, 0) is 48.0 Å². The average molecular weight is 387 g/mol. The Balaban J connectivity index is 1.62. The zero-order chi connectivity index (χ0) is 18.5. The van der Waals surface area contributed by atoms with Crippen molar-refractivity contribution in [3.05, 3.63) is 87.9 Å². The summed E-state index contributed by atoms with van der Waals surface area (Å²) >= 11 is 11.9. The van der Waals surface area contributed by atoms with Gasteiger partial charge in [-0.2, -0.15) is 0 Å². The number of aryl methyl sites for hydroxylation is 1. The summed E-state index contributed by atoms with van der Waals surface area (Å²) in [6.07, 6.45) is 6.79. The number of carbonyl (C=O) groups is 1. The Morgan fingerprint density at radius 2 is 1.92 bits per heavy atom. The van der Waals surface area contributed by atoms with E-state index < -0.39 is 0 Å². The maximum Gasteiger partial charge on any atom is 0.185 e. The third-order valence-corrected chi connectivity index (χ3v) is 4.54. The first-order chi connectivity index (χ1) is 12.5. The van der Waals surface area contributed by atoms with Crippen molar-refractivity contribution in [1.29, 1.82) is 0 Å². The summed E-state index contributed by atoms with van der Waals surface area (Å²) in [4.78, 5) is 16.5. The lowest BCUT2D eigenvalue weighted by Crippen LogP contribution is -2.03. The highest BCUT2D eigenvalue weighted by atomic mass is 35.5. The molecule has 0 unspecified atom stereocenters. The largest absolute Gasteiger partial charge is 0.486 e. The number of hydrogen-bond acceptors (Lipinski definition) is 3. The van der Waals surface area contributed by atoms with Gasteiger partial charge in [0.05, 0.1) is 10.0 Å². The molecule has 0 spiro atoms. The predicted molar refractivity (Wildman–Crippen MR) is 104 cm³/mol. The minimum atomic E-state index is -0.105. The number of hydrogen-bond donors (Lipinski definition) is 0. The first-order valence-corrected chi connectivity index (χ1v) is 8.65. The van der Waals surface area contributed by atoms with Gasteiger partial charge in [-0.15, -0.1) is 0 Å². The maximum atomic E-state index is 12.3. The van der Waals surface area contributed by atoms with E-state index in [1.54, 1.807) is 54.7 Å². The summed E-state index contributed by atoms with van der Waals surface area (Å²) in [7, 11) is 1.91. The molecule has 3 aromatic rings. The van der Waals surface area contributed by atoms with Crippen molar-refractivity contribution in [2.75, 3.05) is 0 Å². The van der Waals surface area contributed by atoms with E-state index in [0.29, 0.717) is 28.0 Å². The second-order valence-electron chi connectivity index (χ2n) is 5.64. The van der Waals surface area contributed by atoms with Gasteiger partial charge in [0, 0.05) is 25.0 Å². The van der Waals surface area contributed by atoms with Crippen LogP contribution in [0.1, 0.15) is 21.7 Å².